The highest BCUT2D eigenvalue weighted by molar-refractivity contribution is 6.06. The maximum atomic E-state index is 12.3. The van der Waals surface area contributed by atoms with Crippen molar-refractivity contribution in [3.05, 3.63) is 42.1 Å². The Balaban J connectivity index is 2.48. The number of rotatable bonds is 3. The summed E-state index contributed by atoms with van der Waals surface area (Å²) in [5.74, 6) is -0.127. The van der Waals surface area contributed by atoms with Crippen LogP contribution in [0.2, 0.25) is 0 Å². The standard InChI is InChI=1S/C14H13N3O/c1-2-17(10-8-15)14(18)12-5-3-7-13-11(12)6-4-9-16-13/h3-7,9H,2,10H2,1H3. The van der Waals surface area contributed by atoms with Crippen molar-refractivity contribution in [3.63, 3.8) is 0 Å². The van der Waals surface area contributed by atoms with E-state index in [1.165, 1.54) is 4.90 Å². The van der Waals surface area contributed by atoms with Crippen molar-refractivity contribution in [2.24, 2.45) is 0 Å². The highest BCUT2D eigenvalue weighted by Crippen LogP contribution is 2.18. The molecular formula is C14H13N3O. The van der Waals surface area contributed by atoms with Crippen molar-refractivity contribution in [2.75, 3.05) is 13.1 Å². The van der Waals surface area contributed by atoms with E-state index in [0.29, 0.717) is 12.1 Å². The van der Waals surface area contributed by atoms with E-state index in [4.69, 9.17) is 5.26 Å². The van der Waals surface area contributed by atoms with Crippen molar-refractivity contribution < 1.29 is 4.79 Å². The molecule has 0 unspecified atom stereocenters. The summed E-state index contributed by atoms with van der Waals surface area (Å²) in [6, 6.07) is 11.1. The molecule has 90 valence electrons. The van der Waals surface area contributed by atoms with Gasteiger partial charge in [0.05, 0.1) is 11.6 Å². The normalized spacial score (nSPS) is 10.0. The summed E-state index contributed by atoms with van der Waals surface area (Å²) in [5.41, 5.74) is 1.38. The fourth-order valence-electron chi connectivity index (χ4n) is 1.87. The van der Waals surface area contributed by atoms with Crippen LogP contribution in [0.5, 0.6) is 0 Å². The molecule has 0 fully saturated rings. The zero-order chi connectivity index (χ0) is 13.0. The molecule has 1 amide bonds. The lowest BCUT2D eigenvalue weighted by Crippen LogP contribution is -2.31. The zero-order valence-corrected chi connectivity index (χ0v) is 10.1. The molecular weight excluding hydrogens is 226 g/mol. The zero-order valence-electron chi connectivity index (χ0n) is 10.1. The maximum Gasteiger partial charge on any atom is 0.255 e. The van der Waals surface area contributed by atoms with Crippen molar-refractivity contribution in [2.45, 2.75) is 6.92 Å². The third-order valence-electron chi connectivity index (χ3n) is 2.81. The summed E-state index contributed by atoms with van der Waals surface area (Å²) in [7, 11) is 0. The van der Waals surface area contributed by atoms with Gasteiger partial charge in [-0.2, -0.15) is 5.26 Å². The third-order valence-corrected chi connectivity index (χ3v) is 2.81. The SMILES string of the molecule is CCN(CC#N)C(=O)c1cccc2ncccc12. The van der Waals surface area contributed by atoms with Gasteiger partial charge in [0.1, 0.15) is 6.54 Å². The number of amides is 1. The van der Waals surface area contributed by atoms with Crippen LogP contribution in [0.25, 0.3) is 10.9 Å². The Bertz CT molecular complexity index is 610. The highest BCUT2D eigenvalue weighted by atomic mass is 16.2. The molecule has 0 saturated carbocycles. The van der Waals surface area contributed by atoms with Crippen LogP contribution in [-0.2, 0) is 0 Å². The van der Waals surface area contributed by atoms with Crippen LogP contribution < -0.4 is 0 Å². The first-order valence-electron chi connectivity index (χ1n) is 5.78. The average molecular weight is 239 g/mol. The Hall–Kier alpha value is -2.41. The number of aromatic nitrogens is 1. The summed E-state index contributed by atoms with van der Waals surface area (Å²) in [5, 5.41) is 9.54. The van der Waals surface area contributed by atoms with Gasteiger partial charge in [0.15, 0.2) is 0 Å². The summed E-state index contributed by atoms with van der Waals surface area (Å²) in [4.78, 5) is 18.1. The van der Waals surface area contributed by atoms with E-state index in [0.717, 1.165) is 10.9 Å². The van der Waals surface area contributed by atoms with Gasteiger partial charge >= 0.3 is 0 Å². The number of hydrogen-bond acceptors (Lipinski definition) is 3. The van der Waals surface area contributed by atoms with Crippen molar-refractivity contribution in [1.82, 2.24) is 9.88 Å². The number of nitrogens with zero attached hydrogens (tertiary/aromatic N) is 3. The lowest BCUT2D eigenvalue weighted by Gasteiger charge is -2.18. The van der Waals surface area contributed by atoms with E-state index in [1.807, 2.05) is 31.2 Å². The van der Waals surface area contributed by atoms with Gasteiger partial charge in [0, 0.05) is 23.7 Å². The van der Waals surface area contributed by atoms with Gasteiger partial charge in [-0.25, -0.2) is 0 Å². The Kier molecular flexibility index (Phi) is 3.54. The minimum atomic E-state index is -0.127. The van der Waals surface area contributed by atoms with Gasteiger partial charge in [-0.15, -0.1) is 0 Å². The van der Waals surface area contributed by atoms with Crippen LogP contribution in [0.3, 0.4) is 0 Å². The number of carbonyl (C=O) groups excluding carboxylic acids is 1. The first kappa shape index (κ1) is 12.1. The van der Waals surface area contributed by atoms with Crippen molar-refractivity contribution in [3.8, 4) is 6.07 Å². The Labute approximate surface area is 105 Å². The van der Waals surface area contributed by atoms with Crippen LogP contribution in [-0.4, -0.2) is 28.9 Å². The fraction of sp³-hybridized carbons (Fsp3) is 0.214. The van der Waals surface area contributed by atoms with Gasteiger partial charge in [0.25, 0.3) is 5.91 Å². The van der Waals surface area contributed by atoms with Crippen LogP contribution in [0, 0.1) is 11.3 Å². The molecule has 18 heavy (non-hydrogen) atoms. The first-order valence-corrected chi connectivity index (χ1v) is 5.78. The van der Waals surface area contributed by atoms with E-state index >= 15 is 0 Å². The molecule has 0 spiro atoms. The largest absolute Gasteiger partial charge is 0.326 e. The molecule has 0 bridgehead atoms. The molecule has 0 aliphatic carbocycles. The van der Waals surface area contributed by atoms with E-state index in [1.54, 1.807) is 18.3 Å². The summed E-state index contributed by atoms with van der Waals surface area (Å²) in [6.07, 6.45) is 1.70. The third kappa shape index (κ3) is 2.16. The average Bonchev–Trinajstić information content (AvgIpc) is 2.43. The van der Waals surface area contributed by atoms with Crippen molar-refractivity contribution >= 4 is 16.8 Å². The molecule has 0 radical (unpaired) electrons. The van der Waals surface area contributed by atoms with Crippen LogP contribution >= 0.6 is 0 Å². The van der Waals surface area contributed by atoms with Gasteiger partial charge < -0.3 is 4.90 Å². The number of nitriles is 1. The second-order valence-corrected chi connectivity index (χ2v) is 3.85. The summed E-state index contributed by atoms with van der Waals surface area (Å²) < 4.78 is 0. The van der Waals surface area contributed by atoms with Gasteiger partial charge in [-0.05, 0) is 25.1 Å². The summed E-state index contributed by atoms with van der Waals surface area (Å²) in [6.45, 7) is 2.48. The predicted octanol–water partition coefficient (Wildman–Crippen LogP) is 2.22. The van der Waals surface area contributed by atoms with Gasteiger partial charge in [-0.3, -0.25) is 9.78 Å². The maximum absolute atomic E-state index is 12.3. The number of carbonyl (C=O) groups is 1. The molecule has 2 aromatic rings. The first-order chi connectivity index (χ1) is 8.77. The highest BCUT2D eigenvalue weighted by Gasteiger charge is 2.16. The van der Waals surface area contributed by atoms with Crippen LogP contribution in [0.4, 0.5) is 0 Å². The van der Waals surface area contributed by atoms with Crippen LogP contribution in [0.1, 0.15) is 17.3 Å². The van der Waals surface area contributed by atoms with Gasteiger partial charge in [0.2, 0.25) is 0 Å². The number of pyridine rings is 1. The van der Waals surface area contributed by atoms with E-state index in [-0.39, 0.29) is 12.5 Å². The topological polar surface area (TPSA) is 57.0 Å². The molecule has 1 aromatic heterocycles. The Morgan fingerprint density at radius 1 is 1.39 bits per heavy atom. The van der Waals surface area contributed by atoms with E-state index in [9.17, 15) is 4.79 Å². The predicted molar refractivity (Wildman–Crippen MR) is 68.9 cm³/mol. The minimum absolute atomic E-state index is 0.103. The van der Waals surface area contributed by atoms with E-state index in [2.05, 4.69) is 4.98 Å². The molecule has 4 nitrogen and oxygen atoms in total. The molecule has 1 heterocycles. The molecule has 4 heteroatoms. The second kappa shape index (κ2) is 5.28. The molecule has 1 aromatic carbocycles. The number of benzene rings is 1. The monoisotopic (exact) mass is 239 g/mol. The lowest BCUT2D eigenvalue weighted by atomic mass is 10.1. The molecule has 0 aliphatic rings. The molecule has 2 rings (SSSR count). The molecule has 0 aliphatic heterocycles. The summed E-state index contributed by atoms with van der Waals surface area (Å²) >= 11 is 0. The van der Waals surface area contributed by atoms with E-state index < -0.39 is 0 Å². The Morgan fingerprint density at radius 2 is 2.22 bits per heavy atom. The Morgan fingerprint density at radius 3 is 2.94 bits per heavy atom. The second-order valence-electron chi connectivity index (χ2n) is 3.85. The molecule has 0 atom stereocenters. The fourth-order valence-corrected chi connectivity index (χ4v) is 1.87. The minimum Gasteiger partial charge on any atom is -0.326 e. The number of hydrogen-bond donors (Lipinski definition) is 0. The smallest absolute Gasteiger partial charge is 0.255 e. The quantitative estimate of drug-likeness (QED) is 0.772. The van der Waals surface area contributed by atoms with Crippen molar-refractivity contribution in [1.29, 1.82) is 5.26 Å². The van der Waals surface area contributed by atoms with Gasteiger partial charge in [-0.1, -0.05) is 12.1 Å². The van der Waals surface area contributed by atoms with Crippen LogP contribution in [0.15, 0.2) is 36.5 Å². The molecule has 0 saturated heterocycles. The lowest BCUT2D eigenvalue weighted by molar-refractivity contribution is 0.0786. The number of fused-ring (bicyclic) bond motifs is 1. The molecule has 0 N–H and O–H groups in total.